The zero-order chi connectivity index (χ0) is 34.9. The molecule has 2 aromatic heterocycles. The average Bonchev–Trinajstić information content (AvgIpc) is 3.56. The number of hydrogen-bond donors (Lipinski definition) is 0. The summed E-state index contributed by atoms with van der Waals surface area (Å²) in [5.74, 6) is 0.666. The van der Waals surface area contributed by atoms with Gasteiger partial charge in [-0.1, -0.05) is 139 Å². The van der Waals surface area contributed by atoms with Gasteiger partial charge in [0.25, 0.3) is 0 Å². The standard InChI is InChI=1S/C48H30N4S/c1-2-14-32(15-3-1)47-37-19-6-8-20-39(37)49-48(50-47)52-41-21-9-7-18-36(41)38-29-33(25-27-42(38)52)34-26-28-44-46(30-34)53-45-24-11-10-22-43(45)51(44)40-23-12-16-31-13-4-5-17-35(31)40/h1-30H. The number of rotatable bonds is 4. The number of nitrogens with zero attached hydrogens (tertiary/aromatic N) is 4. The van der Waals surface area contributed by atoms with Crippen molar-refractivity contribution in [2.75, 3.05) is 4.90 Å². The summed E-state index contributed by atoms with van der Waals surface area (Å²) < 4.78 is 2.22. The van der Waals surface area contributed by atoms with Crippen molar-refractivity contribution >= 4 is 72.3 Å². The smallest absolute Gasteiger partial charge is 0.235 e. The third-order valence-corrected chi connectivity index (χ3v) is 11.5. The van der Waals surface area contributed by atoms with Crippen LogP contribution < -0.4 is 4.90 Å². The first kappa shape index (κ1) is 30.0. The van der Waals surface area contributed by atoms with Gasteiger partial charge < -0.3 is 4.90 Å². The third kappa shape index (κ3) is 4.78. The molecular formula is C48H30N4S. The maximum Gasteiger partial charge on any atom is 0.235 e. The Morgan fingerprint density at radius 1 is 0.396 bits per heavy atom. The Bertz CT molecular complexity index is 3050. The van der Waals surface area contributed by atoms with E-state index in [1.165, 1.54) is 59.5 Å². The molecule has 0 saturated carbocycles. The van der Waals surface area contributed by atoms with E-state index in [1.807, 2.05) is 23.9 Å². The molecule has 3 heterocycles. The van der Waals surface area contributed by atoms with Crippen molar-refractivity contribution < 1.29 is 0 Å². The van der Waals surface area contributed by atoms with E-state index in [9.17, 15) is 0 Å². The quantitative estimate of drug-likeness (QED) is 0.184. The van der Waals surface area contributed by atoms with Gasteiger partial charge in [0.2, 0.25) is 5.95 Å². The van der Waals surface area contributed by atoms with Crippen LogP contribution in [0.25, 0.3) is 71.8 Å². The first-order valence-electron chi connectivity index (χ1n) is 17.8. The van der Waals surface area contributed by atoms with Crippen LogP contribution in [0.3, 0.4) is 0 Å². The maximum atomic E-state index is 5.26. The van der Waals surface area contributed by atoms with Crippen LogP contribution >= 0.6 is 11.8 Å². The van der Waals surface area contributed by atoms with Crippen molar-refractivity contribution in [2.45, 2.75) is 9.79 Å². The first-order valence-corrected chi connectivity index (χ1v) is 18.7. The fourth-order valence-corrected chi connectivity index (χ4v) is 9.05. The number of anilines is 3. The molecule has 8 aromatic carbocycles. The Morgan fingerprint density at radius 2 is 1.06 bits per heavy atom. The van der Waals surface area contributed by atoms with Crippen molar-refractivity contribution in [2.24, 2.45) is 0 Å². The van der Waals surface area contributed by atoms with Gasteiger partial charge in [-0.2, -0.15) is 0 Å². The van der Waals surface area contributed by atoms with Crippen molar-refractivity contribution in [3.05, 3.63) is 182 Å². The monoisotopic (exact) mass is 694 g/mol. The second-order valence-electron chi connectivity index (χ2n) is 13.4. The molecule has 0 bridgehead atoms. The molecule has 1 aliphatic rings. The Hall–Kier alpha value is -6.69. The predicted octanol–water partition coefficient (Wildman–Crippen LogP) is 13.1. The fraction of sp³-hybridized carbons (Fsp3) is 0. The van der Waals surface area contributed by atoms with Gasteiger partial charge in [0.1, 0.15) is 0 Å². The number of para-hydroxylation sites is 3. The van der Waals surface area contributed by atoms with Gasteiger partial charge in [0.15, 0.2) is 0 Å². The second kappa shape index (κ2) is 11.9. The fourth-order valence-electron chi connectivity index (χ4n) is 7.95. The Morgan fingerprint density at radius 3 is 1.98 bits per heavy atom. The summed E-state index contributed by atoms with van der Waals surface area (Å²) in [7, 11) is 0. The minimum atomic E-state index is 0.666. The van der Waals surface area contributed by atoms with Crippen molar-refractivity contribution in [3.63, 3.8) is 0 Å². The van der Waals surface area contributed by atoms with Gasteiger partial charge in [0.05, 0.1) is 39.3 Å². The van der Waals surface area contributed by atoms with Crippen LogP contribution in [0.1, 0.15) is 0 Å². The molecule has 0 fully saturated rings. The Kier molecular flexibility index (Phi) is 6.76. The van der Waals surface area contributed by atoms with E-state index in [4.69, 9.17) is 9.97 Å². The number of benzene rings is 8. The highest BCUT2D eigenvalue weighted by Gasteiger charge is 2.26. The molecule has 0 amide bonds. The van der Waals surface area contributed by atoms with E-state index in [1.54, 1.807) is 0 Å². The molecule has 0 spiro atoms. The second-order valence-corrected chi connectivity index (χ2v) is 14.5. The maximum absolute atomic E-state index is 5.26. The molecule has 0 aliphatic carbocycles. The van der Waals surface area contributed by atoms with Crippen LogP contribution in [-0.4, -0.2) is 14.5 Å². The van der Waals surface area contributed by atoms with E-state index in [2.05, 4.69) is 179 Å². The van der Waals surface area contributed by atoms with Crippen LogP contribution in [0.4, 0.5) is 17.1 Å². The van der Waals surface area contributed by atoms with Gasteiger partial charge in [-0.25, -0.2) is 9.97 Å². The van der Waals surface area contributed by atoms with Gasteiger partial charge >= 0.3 is 0 Å². The zero-order valence-electron chi connectivity index (χ0n) is 28.5. The zero-order valence-corrected chi connectivity index (χ0v) is 29.3. The van der Waals surface area contributed by atoms with E-state index in [-0.39, 0.29) is 0 Å². The van der Waals surface area contributed by atoms with Crippen LogP contribution in [0.15, 0.2) is 192 Å². The predicted molar refractivity (Wildman–Crippen MR) is 221 cm³/mol. The minimum Gasteiger partial charge on any atom is -0.308 e. The summed E-state index contributed by atoms with van der Waals surface area (Å²) in [4.78, 5) is 15.3. The molecule has 10 aromatic rings. The third-order valence-electron chi connectivity index (χ3n) is 10.4. The molecule has 1 aliphatic heterocycles. The molecule has 5 heteroatoms. The number of hydrogen-bond acceptors (Lipinski definition) is 4. The average molecular weight is 695 g/mol. The lowest BCUT2D eigenvalue weighted by Crippen LogP contribution is -2.15. The Labute approximate surface area is 310 Å². The number of aromatic nitrogens is 3. The van der Waals surface area contributed by atoms with Gasteiger partial charge in [-0.15, -0.1) is 0 Å². The summed E-state index contributed by atoms with van der Waals surface area (Å²) in [6.45, 7) is 0. The van der Waals surface area contributed by atoms with E-state index >= 15 is 0 Å². The van der Waals surface area contributed by atoms with Gasteiger partial charge in [-0.05, 0) is 71.1 Å². The minimum absolute atomic E-state index is 0.666. The topological polar surface area (TPSA) is 34.0 Å². The summed E-state index contributed by atoms with van der Waals surface area (Å²) in [6, 6.07) is 64.9. The highest BCUT2D eigenvalue weighted by Crippen LogP contribution is 2.53. The highest BCUT2D eigenvalue weighted by molar-refractivity contribution is 7.99. The normalized spacial score (nSPS) is 12.4. The van der Waals surface area contributed by atoms with Crippen molar-refractivity contribution in [1.29, 1.82) is 0 Å². The summed E-state index contributed by atoms with van der Waals surface area (Å²) in [6.07, 6.45) is 0. The lowest BCUT2D eigenvalue weighted by atomic mass is 10.0. The summed E-state index contributed by atoms with van der Waals surface area (Å²) >= 11 is 1.84. The van der Waals surface area contributed by atoms with Gasteiger partial charge in [0, 0.05) is 36.9 Å². The molecule has 0 unspecified atom stereocenters. The van der Waals surface area contributed by atoms with Crippen LogP contribution in [0.5, 0.6) is 0 Å². The van der Waals surface area contributed by atoms with Crippen LogP contribution in [0.2, 0.25) is 0 Å². The molecule has 248 valence electrons. The highest BCUT2D eigenvalue weighted by atomic mass is 32.2. The molecular weight excluding hydrogens is 665 g/mol. The summed E-state index contributed by atoms with van der Waals surface area (Å²) in [5.41, 5.74) is 11.0. The van der Waals surface area contributed by atoms with Crippen molar-refractivity contribution in [1.82, 2.24) is 14.5 Å². The molecule has 4 nitrogen and oxygen atoms in total. The van der Waals surface area contributed by atoms with Crippen LogP contribution in [-0.2, 0) is 0 Å². The summed E-state index contributed by atoms with van der Waals surface area (Å²) in [5, 5.41) is 5.85. The van der Waals surface area contributed by atoms with Crippen molar-refractivity contribution in [3.8, 4) is 28.3 Å². The van der Waals surface area contributed by atoms with E-state index in [0.29, 0.717) is 5.95 Å². The molecule has 11 rings (SSSR count). The molecule has 53 heavy (non-hydrogen) atoms. The van der Waals surface area contributed by atoms with Crippen LogP contribution in [0, 0.1) is 0 Å². The lowest BCUT2D eigenvalue weighted by Gasteiger charge is -2.34. The number of fused-ring (bicyclic) bond motifs is 7. The largest absolute Gasteiger partial charge is 0.308 e. The molecule has 0 radical (unpaired) electrons. The molecule has 0 atom stereocenters. The molecule has 0 N–H and O–H groups in total. The lowest BCUT2D eigenvalue weighted by molar-refractivity contribution is 1.01. The first-order chi connectivity index (χ1) is 26.3. The van der Waals surface area contributed by atoms with E-state index < -0.39 is 0 Å². The Balaban J connectivity index is 1.07. The SMILES string of the molecule is c1ccc(-c2nc(-n3c4ccccc4c4cc(-c5ccc6c(c5)Sc5ccccc5N6c5cccc6ccccc56)ccc43)nc3ccccc23)cc1. The molecule has 0 saturated heterocycles. The van der Waals surface area contributed by atoms with E-state index in [0.717, 1.165) is 33.2 Å². The van der Waals surface area contributed by atoms with Gasteiger partial charge in [-0.3, -0.25) is 4.57 Å².